The molecule has 0 saturated carbocycles. The molecule has 7 aromatic carbocycles. The minimum Gasteiger partial charge on any atom is -0.262 e. The fourth-order valence-corrected chi connectivity index (χ4v) is 6.70. The smallest absolute Gasteiger partial charge is 0.0378 e. The van der Waals surface area contributed by atoms with E-state index in [9.17, 15) is 0 Å². The Kier molecular flexibility index (Phi) is 6.09. The average Bonchev–Trinajstić information content (AvgIpc) is 3.07. The molecule has 8 aromatic rings. The van der Waals surface area contributed by atoms with Crippen molar-refractivity contribution in [2.75, 3.05) is 0 Å². The van der Waals surface area contributed by atoms with Crippen molar-refractivity contribution < 1.29 is 0 Å². The lowest BCUT2D eigenvalue weighted by molar-refractivity contribution is 1.20. The Morgan fingerprint density at radius 2 is 0.837 bits per heavy atom. The van der Waals surface area contributed by atoms with Gasteiger partial charge in [-0.3, -0.25) is 4.98 Å². The molecule has 0 N–H and O–H groups in total. The van der Waals surface area contributed by atoms with Crippen molar-refractivity contribution in [1.29, 1.82) is 0 Å². The zero-order valence-electron chi connectivity index (χ0n) is 24.0. The van der Waals surface area contributed by atoms with Crippen LogP contribution in [0.15, 0.2) is 158 Å². The second kappa shape index (κ2) is 10.4. The molecule has 0 atom stereocenters. The highest BCUT2D eigenvalue weighted by atomic mass is 14.6. The Hall–Kier alpha value is -5.53. The van der Waals surface area contributed by atoms with Gasteiger partial charge in [0.1, 0.15) is 0 Å². The summed E-state index contributed by atoms with van der Waals surface area (Å²) in [5.41, 5.74) is 10.9. The first-order chi connectivity index (χ1) is 21.3. The van der Waals surface area contributed by atoms with Crippen molar-refractivity contribution in [2.24, 2.45) is 0 Å². The van der Waals surface area contributed by atoms with Gasteiger partial charge in [-0.1, -0.05) is 133 Å². The molecule has 0 aliphatic heterocycles. The van der Waals surface area contributed by atoms with Crippen LogP contribution in [0.3, 0.4) is 0 Å². The topological polar surface area (TPSA) is 12.9 Å². The van der Waals surface area contributed by atoms with Crippen LogP contribution in [0.5, 0.6) is 0 Å². The lowest BCUT2D eigenvalue weighted by Crippen LogP contribution is -1.93. The number of hydrogen-bond donors (Lipinski definition) is 0. The van der Waals surface area contributed by atoms with Crippen LogP contribution in [-0.4, -0.2) is 4.98 Å². The van der Waals surface area contributed by atoms with Gasteiger partial charge in [0.25, 0.3) is 0 Å². The quantitative estimate of drug-likeness (QED) is 0.200. The van der Waals surface area contributed by atoms with E-state index >= 15 is 0 Å². The molecule has 0 saturated heterocycles. The minimum absolute atomic E-state index is 1.02. The average molecular weight is 548 g/mol. The third-order valence-electron chi connectivity index (χ3n) is 8.59. The maximum absolute atomic E-state index is 4.41. The summed E-state index contributed by atoms with van der Waals surface area (Å²) in [6, 6.07) is 55.1. The number of aryl methyl sites for hydroxylation is 1. The van der Waals surface area contributed by atoms with Crippen LogP contribution in [0.2, 0.25) is 0 Å². The van der Waals surface area contributed by atoms with E-state index in [1.807, 2.05) is 13.1 Å². The first-order valence-corrected chi connectivity index (χ1v) is 14.8. The molecule has 0 unspecified atom stereocenters. The van der Waals surface area contributed by atoms with Crippen LogP contribution in [0.25, 0.3) is 76.8 Å². The minimum atomic E-state index is 1.02. The highest BCUT2D eigenvalue weighted by Crippen LogP contribution is 2.46. The normalized spacial score (nSPS) is 11.4. The molecular weight excluding hydrogens is 518 g/mol. The SMILES string of the molecule is Cc1cc(-c2cccc(-c3c4ccccc4c(-c4ccc(-c5ccccc5)c5ccccc45)c4ccccc34)c2)ccn1. The summed E-state index contributed by atoms with van der Waals surface area (Å²) in [4.78, 5) is 4.41. The van der Waals surface area contributed by atoms with Crippen molar-refractivity contribution in [3.05, 3.63) is 164 Å². The molecule has 0 bridgehead atoms. The van der Waals surface area contributed by atoms with Crippen molar-refractivity contribution in [2.45, 2.75) is 6.92 Å². The number of hydrogen-bond acceptors (Lipinski definition) is 1. The molecule has 202 valence electrons. The first-order valence-electron chi connectivity index (χ1n) is 14.8. The zero-order valence-corrected chi connectivity index (χ0v) is 24.0. The molecule has 1 heteroatoms. The second-order valence-corrected chi connectivity index (χ2v) is 11.2. The predicted molar refractivity (Wildman–Crippen MR) is 183 cm³/mol. The Morgan fingerprint density at radius 1 is 0.349 bits per heavy atom. The fraction of sp³-hybridized carbons (Fsp3) is 0.0238. The Bertz CT molecular complexity index is 2240. The largest absolute Gasteiger partial charge is 0.262 e. The van der Waals surface area contributed by atoms with Crippen molar-refractivity contribution in [3.63, 3.8) is 0 Å². The summed E-state index contributed by atoms with van der Waals surface area (Å²) in [5.74, 6) is 0. The van der Waals surface area contributed by atoms with E-state index in [0.29, 0.717) is 0 Å². The first kappa shape index (κ1) is 25.2. The van der Waals surface area contributed by atoms with Crippen molar-refractivity contribution in [1.82, 2.24) is 4.98 Å². The molecule has 0 aliphatic carbocycles. The molecule has 0 fully saturated rings. The van der Waals surface area contributed by atoms with Crippen LogP contribution < -0.4 is 0 Å². The van der Waals surface area contributed by atoms with E-state index in [-0.39, 0.29) is 0 Å². The van der Waals surface area contributed by atoms with E-state index in [2.05, 4.69) is 157 Å². The fourth-order valence-electron chi connectivity index (χ4n) is 6.70. The summed E-state index contributed by atoms with van der Waals surface area (Å²) in [7, 11) is 0. The summed E-state index contributed by atoms with van der Waals surface area (Å²) >= 11 is 0. The van der Waals surface area contributed by atoms with Crippen LogP contribution in [0, 0.1) is 6.92 Å². The molecule has 0 aliphatic rings. The van der Waals surface area contributed by atoms with Crippen molar-refractivity contribution >= 4 is 32.3 Å². The third-order valence-corrected chi connectivity index (χ3v) is 8.59. The van der Waals surface area contributed by atoms with Gasteiger partial charge in [-0.15, -0.1) is 0 Å². The van der Waals surface area contributed by atoms with Gasteiger partial charge in [0, 0.05) is 11.9 Å². The summed E-state index contributed by atoms with van der Waals surface area (Å²) in [6.45, 7) is 2.04. The number of nitrogens with zero attached hydrogens (tertiary/aromatic N) is 1. The van der Waals surface area contributed by atoms with E-state index in [1.54, 1.807) is 0 Å². The molecule has 1 heterocycles. The van der Waals surface area contributed by atoms with Crippen LogP contribution >= 0.6 is 0 Å². The monoisotopic (exact) mass is 547 g/mol. The number of benzene rings is 7. The van der Waals surface area contributed by atoms with E-state index in [4.69, 9.17) is 0 Å². The van der Waals surface area contributed by atoms with E-state index in [0.717, 1.165) is 5.69 Å². The standard InChI is InChI=1S/C42H29N/c1-28-26-31(24-25-43-28)30-14-11-15-32(27-30)41-36-18-7-9-20-38(36)42(39-21-10-8-19-37(39)41)40-23-22-33(29-12-3-2-4-13-29)34-16-5-6-17-35(34)40/h2-27H,1H3. The molecule has 8 rings (SSSR count). The number of fused-ring (bicyclic) bond motifs is 3. The van der Waals surface area contributed by atoms with Crippen LogP contribution in [0.1, 0.15) is 5.69 Å². The molecule has 0 radical (unpaired) electrons. The molecule has 1 aromatic heterocycles. The third kappa shape index (κ3) is 4.29. The Morgan fingerprint density at radius 3 is 1.49 bits per heavy atom. The lowest BCUT2D eigenvalue weighted by atomic mass is 9.83. The van der Waals surface area contributed by atoms with Gasteiger partial charge < -0.3 is 0 Å². The lowest BCUT2D eigenvalue weighted by Gasteiger charge is -2.20. The maximum Gasteiger partial charge on any atom is 0.0378 e. The maximum atomic E-state index is 4.41. The van der Waals surface area contributed by atoms with Gasteiger partial charge in [0.15, 0.2) is 0 Å². The number of aromatic nitrogens is 1. The number of rotatable bonds is 4. The van der Waals surface area contributed by atoms with E-state index < -0.39 is 0 Å². The zero-order chi connectivity index (χ0) is 28.8. The van der Waals surface area contributed by atoms with Crippen molar-refractivity contribution in [3.8, 4) is 44.5 Å². The Labute approximate surface area is 251 Å². The van der Waals surface area contributed by atoms with Gasteiger partial charge in [-0.25, -0.2) is 0 Å². The summed E-state index contributed by atoms with van der Waals surface area (Å²) < 4.78 is 0. The molecular formula is C42H29N. The predicted octanol–water partition coefficient (Wildman–Crippen LogP) is 11.5. The van der Waals surface area contributed by atoms with E-state index in [1.165, 1.54) is 76.8 Å². The molecule has 1 nitrogen and oxygen atoms in total. The van der Waals surface area contributed by atoms with Gasteiger partial charge in [-0.2, -0.15) is 0 Å². The van der Waals surface area contributed by atoms with Crippen LogP contribution in [0.4, 0.5) is 0 Å². The van der Waals surface area contributed by atoms with Gasteiger partial charge >= 0.3 is 0 Å². The van der Waals surface area contributed by atoms with Crippen LogP contribution in [-0.2, 0) is 0 Å². The summed E-state index contributed by atoms with van der Waals surface area (Å²) in [5, 5.41) is 7.58. The highest BCUT2D eigenvalue weighted by Gasteiger charge is 2.19. The molecule has 0 amide bonds. The summed E-state index contributed by atoms with van der Waals surface area (Å²) in [6.07, 6.45) is 1.89. The van der Waals surface area contributed by atoms with Gasteiger partial charge in [0.2, 0.25) is 0 Å². The Balaban J connectivity index is 1.43. The van der Waals surface area contributed by atoms with Gasteiger partial charge in [0.05, 0.1) is 0 Å². The molecule has 0 spiro atoms. The number of pyridine rings is 1. The second-order valence-electron chi connectivity index (χ2n) is 11.2. The van der Waals surface area contributed by atoms with Gasteiger partial charge in [-0.05, 0) is 102 Å². The highest BCUT2D eigenvalue weighted by molar-refractivity contribution is 6.24. The molecule has 43 heavy (non-hydrogen) atoms.